The van der Waals surface area contributed by atoms with Gasteiger partial charge in [-0.15, -0.1) is 0 Å². The van der Waals surface area contributed by atoms with Crippen molar-refractivity contribution < 1.29 is 4.74 Å². The molecule has 0 radical (unpaired) electrons. The van der Waals surface area contributed by atoms with Crippen LogP contribution in [0, 0.1) is 6.92 Å². The molecule has 74 heavy (non-hydrogen) atoms. The number of anilines is 4. The molecule has 0 spiro atoms. The molecule has 5 heteroatoms. The second kappa shape index (κ2) is 18.1. The zero-order chi connectivity index (χ0) is 52.9. The zero-order valence-corrected chi connectivity index (χ0v) is 46.9. The summed E-state index contributed by atoms with van der Waals surface area (Å²) in [7, 11) is 0. The van der Waals surface area contributed by atoms with Crippen LogP contribution < -0.4 is 14.5 Å². The molecule has 0 bridgehead atoms. The van der Waals surface area contributed by atoms with Gasteiger partial charge in [0.15, 0.2) is 0 Å². The Labute approximate surface area is 441 Å². The van der Waals surface area contributed by atoms with Crippen molar-refractivity contribution in [3.8, 4) is 39.6 Å². The van der Waals surface area contributed by atoms with Crippen LogP contribution in [0.3, 0.4) is 0 Å². The summed E-state index contributed by atoms with van der Waals surface area (Å²) in [6.45, 7) is 37.4. The average Bonchev–Trinajstić information content (AvgIpc) is 3.88. The molecule has 7 aromatic carbocycles. The lowest BCUT2D eigenvalue weighted by atomic mass is 9.79. The summed E-state index contributed by atoms with van der Waals surface area (Å²) in [5.41, 5.74) is 19.5. The highest BCUT2D eigenvalue weighted by Gasteiger charge is 2.32. The summed E-state index contributed by atoms with van der Waals surface area (Å²) in [5.74, 6) is 2.41. The lowest BCUT2D eigenvalue weighted by molar-refractivity contribution is 0.483. The Morgan fingerprint density at radius 1 is 0.405 bits per heavy atom. The van der Waals surface area contributed by atoms with Crippen molar-refractivity contribution in [3.63, 3.8) is 0 Å². The lowest BCUT2D eigenvalue weighted by Gasteiger charge is -2.29. The second-order valence-corrected chi connectivity index (χ2v) is 26.1. The SMILES string of the molecule is Cc1cc(-n2c3ccccc3c3ccc(Oc4cccc(N5CN(c6cc(C(C)(C)C)cc(C(C)(C)C)c6)c6cc(-c7cc(C(C)(C)C)cc(C(C)(C)C)c7)ccc65)c4)cc32)ncc1-c1ccc(C(C)(C)C)cc1. The molecule has 10 rings (SSSR count). The number of nitrogens with zero attached hydrogens (tertiary/aromatic N) is 4. The minimum atomic E-state index is -0.0284. The third-order valence-electron chi connectivity index (χ3n) is 15.2. The molecule has 2 aromatic heterocycles. The van der Waals surface area contributed by atoms with E-state index in [9.17, 15) is 0 Å². The van der Waals surface area contributed by atoms with Gasteiger partial charge in [0.25, 0.3) is 0 Å². The van der Waals surface area contributed by atoms with Gasteiger partial charge in [0, 0.05) is 46.0 Å². The molecular formula is C69H76N4O. The maximum Gasteiger partial charge on any atom is 0.137 e. The van der Waals surface area contributed by atoms with Gasteiger partial charge in [-0.25, -0.2) is 4.98 Å². The average molecular weight is 977 g/mol. The Kier molecular flexibility index (Phi) is 12.3. The zero-order valence-electron chi connectivity index (χ0n) is 46.9. The first kappa shape index (κ1) is 50.4. The van der Waals surface area contributed by atoms with Crippen LogP contribution in [0.5, 0.6) is 11.5 Å². The Morgan fingerprint density at radius 3 is 1.57 bits per heavy atom. The molecule has 1 aliphatic rings. The Balaban J connectivity index is 1.04. The predicted octanol–water partition coefficient (Wildman–Crippen LogP) is 19.3. The van der Waals surface area contributed by atoms with E-state index in [2.05, 4.69) is 277 Å². The summed E-state index contributed by atoms with van der Waals surface area (Å²) in [4.78, 5) is 10.1. The van der Waals surface area contributed by atoms with Crippen molar-refractivity contribution in [1.82, 2.24) is 9.55 Å². The van der Waals surface area contributed by atoms with E-state index < -0.39 is 0 Å². The van der Waals surface area contributed by atoms with Crippen molar-refractivity contribution >= 4 is 44.6 Å². The highest BCUT2D eigenvalue weighted by Crippen LogP contribution is 2.49. The third kappa shape index (κ3) is 9.74. The first-order valence-electron chi connectivity index (χ1n) is 26.6. The van der Waals surface area contributed by atoms with Gasteiger partial charge >= 0.3 is 0 Å². The highest BCUT2D eigenvalue weighted by atomic mass is 16.5. The smallest absolute Gasteiger partial charge is 0.137 e. The quantitative estimate of drug-likeness (QED) is 0.159. The van der Waals surface area contributed by atoms with Crippen LogP contribution >= 0.6 is 0 Å². The number of hydrogen-bond donors (Lipinski definition) is 0. The molecule has 0 unspecified atom stereocenters. The number of benzene rings is 7. The highest BCUT2D eigenvalue weighted by molar-refractivity contribution is 6.09. The van der Waals surface area contributed by atoms with E-state index in [1.54, 1.807) is 0 Å². The van der Waals surface area contributed by atoms with Crippen molar-refractivity contribution in [2.24, 2.45) is 0 Å². The number of fused-ring (bicyclic) bond motifs is 4. The predicted molar refractivity (Wildman–Crippen MR) is 316 cm³/mol. The second-order valence-electron chi connectivity index (χ2n) is 26.1. The number of aryl methyl sites for hydroxylation is 1. The Hall–Kier alpha value is -7.11. The van der Waals surface area contributed by atoms with Crippen LogP contribution in [0.4, 0.5) is 22.7 Å². The molecule has 0 amide bonds. The molecule has 5 nitrogen and oxygen atoms in total. The van der Waals surface area contributed by atoms with Crippen molar-refractivity contribution in [1.29, 1.82) is 0 Å². The summed E-state index contributed by atoms with van der Waals surface area (Å²) in [6, 6.07) is 56.3. The largest absolute Gasteiger partial charge is 0.457 e. The molecular weight excluding hydrogens is 901 g/mol. The maximum absolute atomic E-state index is 6.89. The number of hydrogen-bond acceptors (Lipinski definition) is 4. The van der Waals surface area contributed by atoms with E-state index >= 15 is 0 Å². The molecule has 0 aliphatic carbocycles. The molecule has 0 saturated heterocycles. The third-order valence-corrected chi connectivity index (χ3v) is 15.2. The van der Waals surface area contributed by atoms with Crippen molar-refractivity contribution in [3.05, 3.63) is 191 Å². The molecule has 3 heterocycles. The normalized spacial score (nSPS) is 13.6. The van der Waals surface area contributed by atoms with E-state index in [4.69, 9.17) is 9.72 Å². The number of rotatable bonds is 7. The molecule has 0 fully saturated rings. The fraction of sp³-hybridized carbons (Fsp3) is 0.319. The summed E-state index contributed by atoms with van der Waals surface area (Å²) in [5, 5.41) is 2.33. The monoisotopic (exact) mass is 977 g/mol. The molecule has 378 valence electrons. The van der Waals surface area contributed by atoms with Gasteiger partial charge in [0.05, 0.1) is 22.4 Å². The summed E-state index contributed by atoms with van der Waals surface area (Å²) < 4.78 is 9.17. The molecule has 0 saturated carbocycles. The van der Waals surface area contributed by atoms with Gasteiger partial charge in [0.2, 0.25) is 0 Å². The topological polar surface area (TPSA) is 33.5 Å². The minimum absolute atomic E-state index is 0.00639. The number of aromatic nitrogens is 2. The molecule has 1 aliphatic heterocycles. The molecule has 0 N–H and O–H groups in total. The fourth-order valence-electron chi connectivity index (χ4n) is 10.4. The van der Waals surface area contributed by atoms with Crippen LogP contribution in [0.2, 0.25) is 0 Å². The number of pyridine rings is 1. The van der Waals surface area contributed by atoms with Gasteiger partial charge in [-0.2, -0.15) is 0 Å². The first-order chi connectivity index (χ1) is 34.7. The van der Waals surface area contributed by atoms with Gasteiger partial charge < -0.3 is 14.5 Å². The summed E-state index contributed by atoms with van der Waals surface area (Å²) >= 11 is 0. The standard InChI is InChI=1S/C69H76N4O/c1-44-32-64(70-42-59(44)45-24-27-48(28-25-45)65(2,3)4)73-60-23-18-17-22-57(60)58-30-29-56(41-62(58)73)74-55-21-19-20-53(40-55)71-43-72(54-38-51(68(11,12)13)37-52(39-54)69(14,15)16)63-35-46(26-31-61(63)71)47-33-49(66(5,6)7)36-50(34-47)67(8,9)10/h17-42H,43H2,1-16H3. The summed E-state index contributed by atoms with van der Waals surface area (Å²) in [6.07, 6.45) is 2.03. The maximum atomic E-state index is 6.89. The van der Waals surface area contributed by atoms with Crippen LogP contribution in [0.15, 0.2) is 158 Å². The van der Waals surface area contributed by atoms with Crippen LogP contribution in [0.1, 0.15) is 137 Å². The van der Waals surface area contributed by atoms with E-state index in [1.807, 2.05) is 6.20 Å². The Bertz CT molecular complexity index is 3530. The number of para-hydroxylation sites is 1. The lowest BCUT2D eigenvalue weighted by Crippen LogP contribution is -2.25. The van der Waals surface area contributed by atoms with E-state index in [-0.39, 0.29) is 27.1 Å². The minimum Gasteiger partial charge on any atom is -0.457 e. The van der Waals surface area contributed by atoms with E-state index in [1.165, 1.54) is 66.8 Å². The molecule has 0 atom stereocenters. The van der Waals surface area contributed by atoms with Crippen LogP contribution in [0.25, 0.3) is 49.9 Å². The van der Waals surface area contributed by atoms with Crippen molar-refractivity contribution in [2.45, 2.75) is 138 Å². The van der Waals surface area contributed by atoms with E-state index in [0.29, 0.717) is 6.67 Å². The first-order valence-corrected chi connectivity index (χ1v) is 26.6. The van der Waals surface area contributed by atoms with Gasteiger partial charge in [-0.3, -0.25) is 4.57 Å². The van der Waals surface area contributed by atoms with Gasteiger partial charge in [-0.1, -0.05) is 183 Å². The van der Waals surface area contributed by atoms with Gasteiger partial charge in [0.1, 0.15) is 24.0 Å². The van der Waals surface area contributed by atoms with Gasteiger partial charge in [-0.05, 0) is 145 Å². The molecule has 9 aromatic rings. The van der Waals surface area contributed by atoms with Crippen molar-refractivity contribution in [2.75, 3.05) is 16.5 Å². The number of ether oxygens (including phenoxy) is 1. The van der Waals surface area contributed by atoms with Crippen LogP contribution in [-0.2, 0) is 27.1 Å². The Morgan fingerprint density at radius 2 is 0.959 bits per heavy atom. The van der Waals surface area contributed by atoms with E-state index in [0.717, 1.165) is 50.7 Å². The van der Waals surface area contributed by atoms with Crippen LogP contribution in [-0.4, -0.2) is 16.2 Å². The fourth-order valence-corrected chi connectivity index (χ4v) is 10.4.